The van der Waals surface area contributed by atoms with E-state index in [1.165, 1.54) is 12.1 Å². The molecule has 0 unspecified atom stereocenters. The van der Waals surface area contributed by atoms with Crippen LogP contribution in [0.3, 0.4) is 0 Å². The molecule has 0 amide bonds. The maximum atomic E-state index is 11.6. The van der Waals surface area contributed by atoms with E-state index in [1.54, 1.807) is 12.1 Å². The number of nitrogens with two attached hydrogens (primary N) is 1. The predicted molar refractivity (Wildman–Crippen MR) is 112 cm³/mol. The molecule has 4 nitrogen and oxygen atoms in total. The highest BCUT2D eigenvalue weighted by molar-refractivity contribution is 7.89. The molecule has 3 aromatic carbocycles. The Kier molecular flexibility index (Phi) is 4.75. The van der Waals surface area contributed by atoms with Gasteiger partial charge in [0.1, 0.15) is 11.5 Å². The third-order valence-corrected chi connectivity index (χ3v) is 6.13. The van der Waals surface area contributed by atoms with Gasteiger partial charge in [0, 0.05) is 22.6 Å². The molecule has 0 radical (unpaired) electrons. The fourth-order valence-corrected chi connectivity index (χ4v) is 3.93. The number of fused-ring (bicyclic) bond motifs is 1. The molecule has 1 aliphatic rings. The number of hydrogen-bond donors (Lipinski definition) is 1. The summed E-state index contributed by atoms with van der Waals surface area (Å²) in [6.07, 6.45) is 0.682. The van der Waals surface area contributed by atoms with Gasteiger partial charge in [0.2, 0.25) is 10.0 Å². The summed E-state index contributed by atoms with van der Waals surface area (Å²) in [5.74, 6) is 1.47. The Balaban J connectivity index is 1.87. The standard InChI is InChI=1S/C22H18ClNO3S/c1-14-6-7-16(13-20(14)23)19-12-17-4-2-3-5-21(17)27-22(19)15-8-10-18(11-9-15)28(24,25)26/h2-11,13H,12H2,1H3,(H2,24,25,26). The van der Waals surface area contributed by atoms with E-state index in [0.717, 1.165) is 33.6 Å². The van der Waals surface area contributed by atoms with Crippen LogP contribution < -0.4 is 9.88 Å². The molecule has 3 aromatic rings. The second kappa shape index (κ2) is 7.09. The van der Waals surface area contributed by atoms with Crippen LogP contribution in [-0.4, -0.2) is 8.42 Å². The first-order valence-corrected chi connectivity index (χ1v) is 10.6. The monoisotopic (exact) mass is 411 g/mol. The van der Waals surface area contributed by atoms with Crippen LogP contribution in [-0.2, 0) is 16.4 Å². The zero-order valence-corrected chi connectivity index (χ0v) is 16.7. The molecule has 0 bridgehead atoms. The lowest BCUT2D eigenvalue weighted by molar-refractivity contribution is 0.502. The van der Waals surface area contributed by atoms with Gasteiger partial charge in [0.15, 0.2) is 0 Å². The van der Waals surface area contributed by atoms with E-state index >= 15 is 0 Å². The number of halogens is 1. The summed E-state index contributed by atoms with van der Waals surface area (Å²) in [7, 11) is -3.75. The first-order chi connectivity index (χ1) is 13.3. The van der Waals surface area contributed by atoms with E-state index in [-0.39, 0.29) is 4.90 Å². The topological polar surface area (TPSA) is 69.4 Å². The summed E-state index contributed by atoms with van der Waals surface area (Å²) < 4.78 is 29.4. The Bertz CT molecular complexity index is 1200. The quantitative estimate of drug-likeness (QED) is 0.673. The van der Waals surface area contributed by atoms with Crippen LogP contribution in [0, 0.1) is 6.92 Å². The van der Waals surface area contributed by atoms with E-state index in [9.17, 15) is 8.42 Å². The molecule has 0 saturated heterocycles. The van der Waals surface area contributed by atoms with Crippen molar-refractivity contribution >= 4 is 33.0 Å². The lowest BCUT2D eigenvalue weighted by Gasteiger charge is -2.24. The summed E-state index contributed by atoms with van der Waals surface area (Å²) >= 11 is 6.35. The van der Waals surface area contributed by atoms with Crippen molar-refractivity contribution in [1.82, 2.24) is 0 Å². The summed E-state index contributed by atoms with van der Waals surface area (Å²) in [6.45, 7) is 1.96. The Hall–Kier alpha value is -2.60. The predicted octanol–water partition coefficient (Wildman–Crippen LogP) is 4.80. The van der Waals surface area contributed by atoms with Gasteiger partial charge in [-0.2, -0.15) is 0 Å². The number of benzene rings is 3. The van der Waals surface area contributed by atoms with Crippen molar-refractivity contribution in [3.05, 3.63) is 94.0 Å². The number of rotatable bonds is 3. The lowest BCUT2D eigenvalue weighted by Crippen LogP contribution is -2.13. The van der Waals surface area contributed by atoms with Crippen LogP contribution in [0.4, 0.5) is 0 Å². The Morgan fingerprint density at radius 2 is 1.64 bits per heavy atom. The molecule has 4 rings (SSSR count). The summed E-state index contributed by atoms with van der Waals surface area (Å²) in [6, 6.07) is 20.2. The van der Waals surface area contributed by atoms with Gasteiger partial charge < -0.3 is 4.74 Å². The van der Waals surface area contributed by atoms with Crippen molar-refractivity contribution in [1.29, 1.82) is 0 Å². The van der Waals surface area contributed by atoms with Gasteiger partial charge in [0.05, 0.1) is 4.90 Å². The number of para-hydroxylation sites is 1. The number of sulfonamides is 1. The zero-order valence-electron chi connectivity index (χ0n) is 15.1. The highest BCUT2D eigenvalue weighted by Gasteiger charge is 2.23. The summed E-state index contributed by atoms with van der Waals surface area (Å²) in [5.41, 5.74) is 4.81. The molecule has 1 heterocycles. The lowest BCUT2D eigenvalue weighted by atomic mass is 9.92. The molecular weight excluding hydrogens is 394 g/mol. The van der Waals surface area contributed by atoms with Gasteiger partial charge in [0.25, 0.3) is 0 Å². The first-order valence-electron chi connectivity index (χ1n) is 8.71. The highest BCUT2D eigenvalue weighted by Crippen LogP contribution is 2.39. The van der Waals surface area contributed by atoms with E-state index in [0.29, 0.717) is 17.2 Å². The molecule has 0 saturated carbocycles. The van der Waals surface area contributed by atoms with Gasteiger partial charge in [-0.3, -0.25) is 0 Å². The second-order valence-electron chi connectivity index (χ2n) is 6.73. The van der Waals surface area contributed by atoms with Crippen LogP contribution in [0.25, 0.3) is 11.3 Å². The summed E-state index contributed by atoms with van der Waals surface area (Å²) in [4.78, 5) is 0.0630. The van der Waals surface area contributed by atoms with Crippen molar-refractivity contribution in [2.75, 3.05) is 0 Å². The largest absolute Gasteiger partial charge is 0.456 e. The zero-order chi connectivity index (χ0) is 19.9. The molecule has 0 spiro atoms. The average Bonchev–Trinajstić information content (AvgIpc) is 2.68. The van der Waals surface area contributed by atoms with Gasteiger partial charge in [-0.05, 0) is 60.0 Å². The molecule has 2 N–H and O–H groups in total. The fraction of sp³-hybridized carbons (Fsp3) is 0.0909. The van der Waals surface area contributed by atoms with Crippen LogP contribution in [0.15, 0.2) is 71.6 Å². The van der Waals surface area contributed by atoms with Crippen molar-refractivity contribution in [3.8, 4) is 5.75 Å². The van der Waals surface area contributed by atoms with Crippen molar-refractivity contribution in [2.24, 2.45) is 5.14 Å². The van der Waals surface area contributed by atoms with E-state index < -0.39 is 10.0 Å². The number of aryl methyl sites for hydroxylation is 1. The Morgan fingerprint density at radius 1 is 0.964 bits per heavy atom. The smallest absolute Gasteiger partial charge is 0.238 e. The van der Waals surface area contributed by atoms with E-state index in [2.05, 4.69) is 0 Å². The normalized spacial score (nSPS) is 13.8. The van der Waals surface area contributed by atoms with Crippen LogP contribution in [0.2, 0.25) is 5.02 Å². The minimum atomic E-state index is -3.75. The Morgan fingerprint density at radius 3 is 2.32 bits per heavy atom. The Labute approximate surface area is 169 Å². The van der Waals surface area contributed by atoms with E-state index in [1.807, 2.05) is 49.4 Å². The molecule has 6 heteroatoms. The minimum absolute atomic E-state index is 0.0630. The van der Waals surface area contributed by atoms with Crippen LogP contribution in [0.1, 0.15) is 22.3 Å². The minimum Gasteiger partial charge on any atom is -0.456 e. The number of primary sulfonamides is 1. The van der Waals surface area contributed by atoms with Gasteiger partial charge in [-0.25, -0.2) is 13.6 Å². The molecule has 0 fully saturated rings. The van der Waals surface area contributed by atoms with E-state index in [4.69, 9.17) is 21.5 Å². The average molecular weight is 412 g/mol. The van der Waals surface area contributed by atoms with Crippen molar-refractivity contribution < 1.29 is 13.2 Å². The van der Waals surface area contributed by atoms with Gasteiger partial charge in [-0.15, -0.1) is 0 Å². The third-order valence-electron chi connectivity index (χ3n) is 4.79. The molecule has 0 aliphatic carbocycles. The molecule has 28 heavy (non-hydrogen) atoms. The first kappa shape index (κ1) is 18.7. The molecule has 1 aliphatic heterocycles. The second-order valence-corrected chi connectivity index (χ2v) is 8.70. The van der Waals surface area contributed by atoms with Crippen LogP contribution in [0.5, 0.6) is 5.75 Å². The molecule has 0 aromatic heterocycles. The maximum absolute atomic E-state index is 11.6. The summed E-state index contributed by atoms with van der Waals surface area (Å²) in [5, 5.41) is 5.90. The van der Waals surface area contributed by atoms with Gasteiger partial charge in [-0.1, -0.05) is 41.9 Å². The number of hydrogen-bond acceptors (Lipinski definition) is 3. The molecular formula is C22H18ClNO3S. The molecule has 142 valence electrons. The third kappa shape index (κ3) is 3.56. The number of ether oxygens (including phenoxy) is 1. The SMILES string of the molecule is Cc1ccc(C2=C(c3ccc(S(N)(=O)=O)cc3)Oc3ccccc3C2)cc1Cl. The van der Waals surface area contributed by atoms with Crippen molar-refractivity contribution in [3.63, 3.8) is 0 Å². The molecule has 0 atom stereocenters. The van der Waals surface area contributed by atoms with Crippen molar-refractivity contribution in [2.45, 2.75) is 18.2 Å². The van der Waals surface area contributed by atoms with Gasteiger partial charge >= 0.3 is 0 Å². The van der Waals surface area contributed by atoms with Crippen LogP contribution >= 0.6 is 11.6 Å². The maximum Gasteiger partial charge on any atom is 0.238 e. The fourth-order valence-electron chi connectivity index (χ4n) is 3.23. The highest BCUT2D eigenvalue weighted by atomic mass is 35.5. The number of allylic oxidation sites excluding steroid dienone is 1.